The van der Waals surface area contributed by atoms with Gasteiger partial charge in [0.15, 0.2) is 5.65 Å². The Balaban J connectivity index is 1.67. The molecular formula is C18H18N4O. The SMILES string of the molecule is COc1ccc([C@H]2CCCN2c2ccc3nccnc3n2)cc1. The summed E-state index contributed by atoms with van der Waals surface area (Å²) in [5.41, 5.74) is 2.83. The van der Waals surface area contributed by atoms with E-state index in [9.17, 15) is 0 Å². The Kier molecular flexibility index (Phi) is 3.54. The normalized spacial score (nSPS) is 17.6. The zero-order chi connectivity index (χ0) is 15.6. The largest absolute Gasteiger partial charge is 0.497 e. The van der Waals surface area contributed by atoms with Crippen LogP contribution in [0.4, 0.5) is 5.82 Å². The maximum Gasteiger partial charge on any atom is 0.180 e. The molecule has 5 heteroatoms. The van der Waals surface area contributed by atoms with Gasteiger partial charge in [-0.2, -0.15) is 0 Å². The molecule has 0 amide bonds. The van der Waals surface area contributed by atoms with Gasteiger partial charge >= 0.3 is 0 Å². The highest BCUT2D eigenvalue weighted by atomic mass is 16.5. The molecule has 4 rings (SSSR count). The Morgan fingerprint density at radius 2 is 1.87 bits per heavy atom. The van der Waals surface area contributed by atoms with Gasteiger partial charge in [-0.25, -0.2) is 9.97 Å². The van der Waals surface area contributed by atoms with Crippen LogP contribution in [0.5, 0.6) is 5.75 Å². The summed E-state index contributed by atoms with van der Waals surface area (Å²) in [7, 11) is 1.69. The molecule has 1 saturated heterocycles. The average molecular weight is 306 g/mol. The number of nitrogens with zero attached hydrogens (tertiary/aromatic N) is 4. The van der Waals surface area contributed by atoms with Gasteiger partial charge in [0.1, 0.15) is 17.1 Å². The van der Waals surface area contributed by atoms with Crippen molar-refractivity contribution in [2.24, 2.45) is 0 Å². The summed E-state index contributed by atoms with van der Waals surface area (Å²) in [6.45, 7) is 1.01. The maximum atomic E-state index is 5.25. The van der Waals surface area contributed by atoms with Gasteiger partial charge in [0.25, 0.3) is 0 Å². The first-order chi connectivity index (χ1) is 11.3. The van der Waals surface area contributed by atoms with Gasteiger partial charge in [-0.3, -0.25) is 4.98 Å². The first-order valence-corrected chi connectivity index (χ1v) is 7.83. The summed E-state index contributed by atoms with van der Waals surface area (Å²) in [5, 5.41) is 0. The molecule has 1 aliphatic heterocycles. The molecule has 23 heavy (non-hydrogen) atoms. The van der Waals surface area contributed by atoms with Crippen LogP contribution in [0.15, 0.2) is 48.8 Å². The minimum Gasteiger partial charge on any atom is -0.497 e. The molecule has 0 aliphatic carbocycles. The average Bonchev–Trinajstić information content (AvgIpc) is 3.11. The second-order valence-corrected chi connectivity index (χ2v) is 5.69. The molecule has 3 aromatic rings. The fourth-order valence-electron chi connectivity index (χ4n) is 3.22. The van der Waals surface area contributed by atoms with Crippen molar-refractivity contribution < 1.29 is 4.74 Å². The molecule has 0 radical (unpaired) electrons. The van der Waals surface area contributed by atoms with Gasteiger partial charge in [0, 0.05) is 18.9 Å². The smallest absolute Gasteiger partial charge is 0.180 e. The lowest BCUT2D eigenvalue weighted by molar-refractivity contribution is 0.414. The van der Waals surface area contributed by atoms with E-state index in [2.05, 4.69) is 27.0 Å². The third-order valence-electron chi connectivity index (χ3n) is 4.36. The van der Waals surface area contributed by atoms with Crippen LogP contribution in [0.1, 0.15) is 24.4 Å². The Bertz CT molecular complexity index is 819. The number of hydrogen-bond donors (Lipinski definition) is 0. The van der Waals surface area contributed by atoms with E-state index >= 15 is 0 Å². The predicted octanol–water partition coefficient (Wildman–Crippen LogP) is 3.37. The van der Waals surface area contributed by atoms with Crippen molar-refractivity contribution >= 4 is 17.0 Å². The van der Waals surface area contributed by atoms with Crippen LogP contribution in [0.2, 0.25) is 0 Å². The molecule has 0 spiro atoms. The summed E-state index contributed by atoms with van der Waals surface area (Å²) < 4.78 is 5.25. The number of rotatable bonds is 3. The molecule has 2 aromatic heterocycles. The van der Waals surface area contributed by atoms with Crippen molar-refractivity contribution in [1.82, 2.24) is 15.0 Å². The fraction of sp³-hybridized carbons (Fsp3) is 0.278. The number of pyridine rings is 1. The number of methoxy groups -OCH3 is 1. The number of benzene rings is 1. The first kappa shape index (κ1) is 13.9. The number of ether oxygens (including phenoxy) is 1. The van der Waals surface area contributed by atoms with E-state index in [1.807, 2.05) is 24.3 Å². The van der Waals surface area contributed by atoms with Crippen molar-refractivity contribution in [3.05, 3.63) is 54.4 Å². The molecule has 1 fully saturated rings. The van der Waals surface area contributed by atoms with Gasteiger partial charge in [0.05, 0.1) is 13.2 Å². The molecule has 1 aromatic carbocycles. The van der Waals surface area contributed by atoms with E-state index in [1.54, 1.807) is 19.5 Å². The van der Waals surface area contributed by atoms with Gasteiger partial charge in [-0.05, 0) is 42.7 Å². The third kappa shape index (κ3) is 2.59. The summed E-state index contributed by atoms with van der Waals surface area (Å²) >= 11 is 0. The van der Waals surface area contributed by atoms with Crippen molar-refractivity contribution in [1.29, 1.82) is 0 Å². The van der Waals surface area contributed by atoms with Gasteiger partial charge in [-0.15, -0.1) is 0 Å². The van der Waals surface area contributed by atoms with E-state index in [4.69, 9.17) is 9.72 Å². The lowest BCUT2D eigenvalue weighted by Gasteiger charge is -2.26. The molecule has 0 unspecified atom stereocenters. The summed E-state index contributed by atoms with van der Waals surface area (Å²) in [6, 6.07) is 12.7. The standard InChI is InChI=1S/C18H18N4O/c1-23-14-6-4-13(5-7-14)16-3-2-12-22(16)17-9-8-15-18(21-17)20-11-10-19-15/h4-11,16H,2-3,12H2,1H3/t16-/m1/s1. The van der Waals surface area contributed by atoms with Crippen LogP contribution >= 0.6 is 0 Å². The van der Waals surface area contributed by atoms with Gasteiger partial charge in [-0.1, -0.05) is 12.1 Å². The molecule has 116 valence electrons. The van der Waals surface area contributed by atoms with Crippen LogP contribution in [0.3, 0.4) is 0 Å². The molecule has 3 heterocycles. The summed E-state index contributed by atoms with van der Waals surface area (Å²) in [5.74, 6) is 1.86. The van der Waals surface area contributed by atoms with Crippen LogP contribution in [-0.2, 0) is 0 Å². The molecule has 0 bridgehead atoms. The Morgan fingerprint density at radius 3 is 2.70 bits per heavy atom. The minimum absolute atomic E-state index is 0.350. The van der Waals surface area contributed by atoms with Crippen molar-refractivity contribution in [3.8, 4) is 5.75 Å². The summed E-state index contributed by atoms with van der Waals surface area (Å²) in [4.78, 5) is 15.7. The summed E-state index contributed by atoms with van der Waals surface area (Å²) in [6.07, 6.45) is 5.67. The number of anilines is 1. The Labute approximate surface area is 135 Å². The highest BCUT2D eigenvalue weighted by molar-refractivity contribution is 5.71. The Morgan fingerprint density at radius 1 is 1.04 bits per heavy atom. The number of fused-ring (bicyclic) bond motifs is 1. The lowest BCUT2D eigenvalue weighted by atomic mass is 10.0. The first-order valence-electron chi connectivity index (χ1n) is 7.83. The Hall–Kier alpha value is -2.69. The van der Waals surface area contributed by atoms with Crippen LogP contribution < -0.4 is 9.64 Å². The zero-order valence-electron chi connectivity index (χ0n) is 13.0. The molecular weight excluding hydrogens is 288 g/mol. The fourth-order valence-corrected chi connectivity index (χ4v) is 3.22. The van der Waals surface area contributed by atoms with Crippen LogP contribution in [0, 0.1) is 0 Å². The van der Waals surface area contributed by atoms with E-state index in [1.165, 1.54) is 5.56 Å². The number of aromatic nitrogens is 3. The molecule has 5 nitrogen and oxygen atoms in total. The van der Waals surface area contributed by atoms with E-state index < -0.39 is 0 Å². The topological polar surface area (TPSA) is 51.1 Å². The van der Waals surface area contributed by atoms with Gasteiger partial charge < -0.3 is 9.64 Å². The molecule has 0 saturated carbocycles. The third-order valence-corrected chi connectivity index (χ3v) is 4.36. The van der Waals surface area contributed by atoms with Crippen molar-refractivity contribution in [2.75, 3.05) is 18.6 Å². The molecule has 1 aliphatic rings. The number of hydrogen-bond acceptors (Lipinski definition) is 5. The highest BCUT2D eigenvalue weighted by Gasteiger charge is 2.27. The van der Waals surface area contributed by atoms with Crippen LogP contribution in [0.25, 0.3) is 11.2 Å². The molecule has 0 N–H and O–H groups in total. The van der Waals surface area contributed by atoms with Gasteiger partial charge in [0.2, 0.25) is 0 Å². The second kappa shape index (κ2) is 5.83. The predicted molar refractivity (Wildman–Crippen MR) is 89.6 cm³/mol. The highest BCUT2D eigenvalue weighted by Crippen LogP contribution is 2.36. The monoisotopic (exact) mass is 306 g/mol. The van der Waals surface area contributed by atoms with E-state index in [0.717, 1.165) is 36.5 Å². The van der Waals surface area contributed by atoms with E-state index in [0.29, 0.717) is 11.7 Å². The lowest BCUT2D eigenvalue weighted by Crippen LogP contribution is -2.23. The maximum absolute atomic E-state index is 5.25. The van der Waals surface area contributed by atoms with Crippen molar-refractivity contribution in [2.45, 2.75) is 18.9 Å². The minimum atomic E-state index is 0.350. The zero-order valence-corrected chi connectivity index (χ0v) is 13.0. The van der Waals surface area contributed by atoms with E-state index in [-0.39, 0.29) is 0 Å². The molecule has 1 atom stereocenters. The van der Waals surface area contributed by atoms with Crippen LogP contribution in [-0.4, -0.2) is 28.6 Å². The van der Waals surface area contributed by atoms with Crippen molar-refractivity contribution in [3.63, 3.8) is 0 Å². The quantitative estimate of drug-likeness (QED) is 0.742. The second-order valence-electron chi connectivity index (χ2n) is 5.69.